The lowest BCUT2D eigenvalue weighted by Gasteiger charge is -2.19. The maximum absolute atomic E-state index is 11.8. The van der Waals surface area contributed by atoms with Crippen LogP contribution in [0.2, 0.25) is 0 Å². The van der Waals surface area contributed by atoms with Gasteiger partial charge in [-0.15, -0.1) is 0 Å². The van der Waals surface area contributed by atoms with Gasteiger partial charge in [0.2, 0.25) is 0 Å². The highest BCUT2D eigenvalue weighted by atomic mass is 16.5. The van der Waals surface area contributed by atoms with E-state index in [0.717, 1.165) is 41.9 Å². The number of carbonyl (C=O) groups excluding carboxylic acids is 1. The lowest BCUT2D eigenvalue weighted by atomic mass is 9.89. The van der Waals surface area contributed by atoms with Gasteiger partial charge < -0.3 is 4.74 Å². The molecule has 4 nitrogen and oxygen atoms in total. The van der Waals surface area contributed by atoms with Crippen LogP contribution in [-0.2, 0) is 4.79 Å². The number of benzene rings is 1. The van der Waals surface area contributed by atoms with Crippen molar-refractivity contribution in [2.45, 2.75) is 46.5 Å². The Kier molecular flexibility index (Phi) is 5.37. The number of amides is 1. The van der Waals surface area contributed by atoms with E-state index < -0.39 is 0 Å². The van der Waals surface area contributed by atoms with Gasteiger partial charge in [0.05, 0.1) is 0 Å². The van der Waals surface area contributed by atoms with Crippen LogP contribution in [0.15, 0.2) is 23.3 Å². The first kappa shape index (κ1) is 15.5. The molecule has 1 atom stereocenters. The Bertz CT molecular complexity index is 538. The molecular formula is C17H24N2O2. The Balaban J connectivity index is 1.82. The van der Waals surface area contributed by atoms with Gasteiger partial charge in [0.15, 0.2) is 6.61 Å². The molecule has 1 aromatic carbocycles. The van der Waals surface area contributed by atoms with Crippen LogP contribution in [0, 0.1) is 19.8 Å². The number of ether oxygens (including phenoxy) is 1. The summed E-state index contributed by atoms with van der Waals surface area (Å²) in [5.74, 6) is 1.21. The first-order valence-corrected chi connectivity index (χ1v) is 7.59. The summed E-state index contributed by atoms with van der Waals surface area (Å²) < 4.78 is 5.56. The van der Waals surface area contributed by atoms with Crippen molar-refractivity contribution in [1.82, 2.24) is 5.43 Å². The number of hydrazone groups is 1. The zero-order valence-electron chi connectivity index (χ0n) is 13.1. The lowest BCUT2D eigenvalue weighted by Crippen LogP contribution is -2.27. The van der Waals surface area contributed by atoms with Crippen LogP contribution in [0.4, 0.5) is 0 Å². The third-order valence-electron chi connectivity index (χ3n) is 3.79. The van der Waals surface area contributed by atoms with Crippen molar-refractivity contribution < 1.29 is 9.53 Å². The molecule has 0 saturated heterocycles. The van der Waals surface area contributed by atoms with E-state index in [9.17, 15) is 4.79 Å². The fourth-order valence-corrected chi connectivity index (χ4v) is 2.54. The van der Waals surface area contributed by atoms with Crippen LogP contribution < -0.4 is 10.2 Å². The van der Waals surface area contributed by atoms with Crippen molar-refractivity contribution in [3.8, 4) is 5.75 Å². The molecule has 1 aromatic rings. The summed E-state index contributed by atoms with van der Waals surface area (Å²) in [6.45, 7) is 6.19. The minimum absolute atomic E-state index is 0.00335. The van der Waals surface area contributed by atoms with Crippen LogP contribution in [0.25, 0.3) is 0 Å². The fourth-order valence-electron chi connectivity index (χ4n) is 2.54. The van der Waals surface area contributed by atoms with Gasteiger partial charge in [-0.2, -0.15) is 5.10 Å². The average molecular weight is 288 g/mol. The molecule has 0 radical (unpaired) electrons. The standard InChI is InChI=1S/C17H24N2O2/c1-12-5-4-6-15(9-12)18-19-17(20)11-21-16-10-13(2)7-8-14(16)3/h7-8,10,12H,4-6,9,11H2,1-3H3,(H,19,20). The lowest BCUT2D eigenvalue weighted by molar-refractivity contribution is -0.123. The Morgan fingerprint density at radius 1 is 1.43 bits per heavy atom. The summed E-state index contributed by atoms with van der Waals surface area (Å²) in [6.07, 6.45) is 4.39. The molecule has 0 spiro atoms. The van der Waals surface area contributed by atoms with E-state index >= 15 is 0 Å². The van der Waals surface area contributed by atoms with Gasteiger partial charge in [-0.05, 0) is 62.6 Å². The number of hydrogen-bond donors (Lipinski definition) is 1. The van der Waals surface area contributed by atoms with Gasteiger partial charge in [-0.3, -0.25) is 4.79 Å². The number of hydrogen-bond acceptors (Lipinski definition) is 3. The van der Waals surface area contributed by atoms with E-state index in [2.05, 4.69) is 17.5 Å². The second kappa shape index (κ2) is 7.25. The molecule has 2 rings (SSSR count). The monoisotopic (exact) mass is 288 g/mol. The van der Waals surface area contributed by atoms with Crippen molar-refractivity contribution in [3.05, 3.63) is 29.3 Å². The summed E-state index contributed by atoms with van der Waals surface area (Å²) in [5, 5.41) is 4.22. The molecule has 0 aliphatic heterocycles. The summed E-state index contributed by atoms with van der Waals surface area (Å²) >= 11 is 0. The van der Waals surface area contributed by atoms with Crippen molar-refractivity contribution in [3.63, 3.8) is 0 Å². The van der Waals surface area contributed by atoms with Gasteiger partial charge in [-0.25, -0.2) is 5.43 Å². The number of nitrogens with one attached hydrogen (secondary N) is 1. The van der Waals surface area contributed by atoms with Crippen molar-refractivity contribution in [2.24, 2.45) is 11.0 Å². The summed E-state index contributed by atoms with van der Waals surface area (Å²) in [7, 11) is 0. The highest BCUT2D eigenvalue weighted by Gasteiger charge is 2.14. The normalized spacial score (nSPS) is 20.3. The van der Waals surface area contributed by atoms with Crippen molar-refractivity contribution in [2.75, 3.05) is 6.61 Å². The van der Waals surface area contributed by atoms with Crippen molar-refractivity contribution in [1.29, 1.82) is 0 Å². The Labute approximate surface area is 126 Å². The summed E-state index contributed by atoms with van der Waals surface area (Å²) in [4.78, 5) is 11.8. The van der Waals surface area contributed by atoms with Crippen LogP contribution in [-0.4, -0.2) is 18.2 Å². The molecule has 1 saturated carbocycles. The van der Waals surface area contributed by atoms with Crippen LogP contribution >= 0.6 is 0 Å². The minimum Gasteiger partial charge on any atom is -0.483 e. The van der Waals surface area contributed by atoms with E-state index in [1.807, 2.05) is 32.0 Å². The fraction of sp³-hybridized carbons (Fsp3) is 0.529. The van der Waals surface area contributed by atoms with Gasteiger partial charge in [0.25, 0.3) is 5.91 Å². The maximum atomic E-state index is 11.8. The van der Waals surface area contributed by atoms with Gasteiger partial charge in [-0.1, -0.05) is 19.1 Å². The Morgan fingerprint density at radius 2 is 2.24 bits per heavy atom. The maximum Gasteiger partial charge on any atom is 0.277 e. The van der Waals surface area contributed by atoms with E-state index in [0.29, 0.717) is 5.92 Å². The topological polar surface area (TPSA) is 50.7 Å². The molecule has 1 unspecified atom stereocenters. The van der Waals surface area contributed by atoms with E-state index in [-0.39, 0.29) is 12.5 Å². The van der Waals surface area contributed by atoms with Gasteiger partial charge in [0, 0.05) is 5.71 Å². The molecule has 1 aliphatic rings. The number of aryl methyl sites for hydroxylation is 2. The Hall–Kier alpha value is -1.84. The molecule has 1 amide bonds. The third-order valence-corrected chi connectivity index (χ3v) is 3.79. The van der Waals surface area contributed by atoms with Gasteiger partial charge >= 0.3 is 0 Å². The molecule has 21 heavy (non-hydrogen) atoms. The number of rotatable bonds is 4. The van der Waals surface area contributed by atoms with Crippen LogP contribution in [0.1, 0.15) is 43.7 Å². The molecule has 0 aromatic heterocycles. The zero-order chi connectivity index (χ0) is 15.2. The molecule has 1 N–H and O–H groups in total. The molecule has 4 heteroatoms. The predicted molar refractivity (Wildman–Crippen MR) is 84.6 cm³/mol. The molecule has 1 fully saturated rings. The predicted octanol–water partition coefficient (Wildman–Crippen LogP) is 3.36. The van der Waals surface area contributed by atoms with E-state index in [1.54, 1.807) is 0 Å². The van der Waals surface area contributed by atoms with Gasteiger partial charge in [0.1, 0.15) is 5.75 Å². The average Bonchev–Trinajstić information content (AvgIpc) is 2.46. The first-order chi connectivity index (χ1) is 10.0. The molecule has 1 aliphatic carbocycles. The number of nitrogens with zero attached hydrogens (tertiary/aromatic N) is 1. The van der Waals surface area contributed by atoms with Crippen molar-refractivity contribution >= 4 is 11.6 Å². The molecular weight excluding hydrogens is 264 g/mol. The SMILES string of the molecule is Cc1ccc(C)c(OCC(=O)NN=C2CCCC(C)C2)c1. The second-order valence-corrected chi connectivity index (χ2v) is 5.97. The van der Waals surface area contributed by atoms with Crippen LogP contribution in [0.5, 0.6) is 5.75 Å². The zero-order valence-corrected chi connectivity index (χ0v) is 13.1. The second-order valence-electron chi connectivity index (χ2n) is 5.97. The molecule has 0 bridgehead atoms. The first-order valence-electron chi connectivity index (χ1n) is 7.59. The molecule has 0 heterocycles. The van der Waals surface area contributed by atoms with E-state index in [1.165, 1.54) is 6.42 Å². The minimum atomic E-state index is -0.207. The quantitative estimate of drug-likeness (QED) is 0.864. The highest BCUT2D eigenvalue weighted by molar-refractivity contribution is 5.87. The van der Waals surface area contributed by atoms with Crippen LogP contribution in [0.3, 0.4) is 0 Å². The third kappa shape index (κ3) is 4.88. The largest absolute Gasteiger partial charge is 0.483 e. The summed E-state index contributed by atoms with van der Waals surface area (Å²) in [6, 6.07) is 5.96. The molecule has 114 valence electrons. The smallest absolute Gasteiger partial charge is 0.277 e. The van der Waals surface area contributed by atoms with E-state index in [4.69, 9.17) is 4.74 Å². The number of carbonyl (C=O) groups is 1. The summed E-state index contributed by atoms with van der Waals surface area (Å²) in [5.41, 5.74) is 5.84. The Morgan fingerprint density at radius 3 is 3.00 bits per heavy atom. The highest BCUT2D eigenvalue weighted by Crippen LogP contribution is 2.21.